The Morgan fingerprint density at radius 1 is 0.262 bits per heavy atom. The molecular weight excluding hydrogens is 745 g/mol. The highest BCUT2D eigenvalue weighted by molar-refractivity contribution is 6.07. The maximum atomic E-state index is 6.43. The Bertz CT molecular complexity index is 3680. The summed E-state index contributed by atoms with van der Waals surface area (Å²) in [6.45, 7) is 0. The molecule has 0 aliphatic rings. The Labute approximate surface area is 351 Å². The Hall–Kier alpha value is -8.28. The summed E-state index contributed by atoms with van der Waals surface area (Å²) in [6, 6.07) is 71.2. The quantitative estimate of drug-likeness (QED) is 0.157. The number of aromatic nitrogens is 4. The molecule has 0 spiro atoms. The minimum atomic E-state index is 0.727. The number of fused-ring (bicyclic) bond motifs is 8. The molecule has 0 radical (unpaired) electrons. The molecule has 0 saturated heterocycles. The molecule has 0 atom stereocenters. The molecule has 0 aliphatic heterocycles. The average Bonchev–Trinajstić information content (AvgIpc) is 3.33. The fraction of sp³-hybridized carbons (Fsp3) is 0. The van der Waals surface area contributed by atoms with Gasteiger partial charge in [0.1, 0.15) is 11.5 Å². The highest BCUT2D eigenvalue weighted by Gasteiger charge is 2.13. The first-order valence-corrected chi connectivity index (χ1v) is 20.4. The van der Waals surface area contributed by atoms with Gasteiger partial charge < -0.3 is 4.74 Å². The second kappa shape index (κ2) is 14.2. The van der Waals surface area contributed by atoms with Crippen LogP contribution in [0.25, 0.3) is 110 Å². The summed E-state index contributed by atoms with van der Waals surface area (Å²) in [5.74, 6) is 1.46. The zero-order valence-corrected chi connectivity index (χ0v) is 32.8. The third-order valence-corrected chi connectivity index (χ3v) is 11.7. The summed E-state index contributed by atoms with van der Waals surface area (Å²) >= 11 is 0. The van der Waals surface area contributed by atoms with E-state index in [0.717, 1.165) is 100 Å². The molecule has 4 heterocycles. The smallest absolute Gasteiger partial charge is 0.128 e. The summed E-state index contributed by atoms with van der Waals surface area (Å²) in [4.78, 5) is 20.8. The van der Waals surface area contributed by atoms with Crippen LogP contribution in [0, 0.1) is 0 Å². The van der Waals surface area contributed by atoms with Gasteiger partial charge in [0.2, 0.25) is 0 Å². The van der Waals surface area contributed by atoms with Crippen molar-refractivity contribution in [1.29, 1.82) is 0 Å². The van der Waals surface area contributed by atoms with Crippen molar-refractivity contribution in [3.8, 4) is 56.5 Å². The van der Waals surface area contributed by atoms with Crippen LogP contribution in [-0.2, 0) is 0 Å². The minimum absolute atomic E-state index is 0.727. The van der Waals surface area contributed by atoms with Gasteiger partial charge in [0.15, 0.2) is 0 Å². The predicted octanol–water partition coefficient (Wildman–Crippen LogP) is 14.6. The van der Waals surface area contributed by atoms with Gasteiger partial charge in [0, 0.05) is 43.8 Å². The molecule has 4 aromatic heterocycles. The lowest BCUT2D eigenvalue weighted by atomic mass is 10.0. The fourth-order valence-corrected chi connectivity index (χ4v) is 8.60. The standard InChI is InChI=1S/C56H34N4O/c1-3-14-45-35(8-1)10-6-16-47(45)51-32-26-40-20-18-38-24-30-49(57-53(38)55(40)59-51)37-22-28-43(29-23-37)61-44-13-5-12-42(34-44)50-31-25-39-19-21-41-27-33-52(60-56(41)54(39)58-50)48-17-7-11-36-9-2-4-15-46(36)48/h1-34H. The molecule has 0 bridgehead atoms. The van der Waals surface area contributed by atoms with Crippen LogP contribution < -0.4 is 4.74 Å². The van der Waals surface area contributed by atoms with Crippen LogP contribution in [0.3, 0.4) is 0 Å². The van der Waals surface area contributed by atoms with E-state index >= 15 is 0 Å². The molecule has 12 aromatic rings. The summed E-state index contributed by atoms with van der Waals surface area (Å²) < 4.78 is 6.43. The molecule has 0 N–H and O–H groups in total. The van der Waals surface area contributed by atoms with Gasteiger partial charge in [-0.15, -0.1) is 0 Å². The topological polar surface area (TPSA) is 60.8 Å². The van der Waals surface area contributed by atoms with Crippen LogP contribution >= 0.6 is 0 Å². The van der Waals surface area contributed by atoms with E-state index in [1.807, 2.05) is 30.3 Å². The van der Waals surface area contributed by atoms with E-state index in [-0.39, 0.29) is 0 Å². The van der Waals surface area contributed by atoms with Gasteiger partial charge in [-0.25, -0.2) is 19.9 Å². The van der Waals surface area contributed by atoms with Crippen LogP contribution in [0.1, 0.15) is 0 Å². The van der Waals surface area contributed by atoms with Crippen molar-refractivity contribution in [3.05, 3.63) is 206 Å². The highest BCUT2D eigenvalue weighted by Crippen LogP contribution is 2.35. The summed E-state index contributed by atoms with van der Waals surface area (Å²) in [6.07, 6.45) is 0. The Morgan fingerprint density at radius 2 is 0.672 bits per heavy atom. The molecule has 8 aromatic carbocycles. The molecule has 5 nitrogen and oxygen atoms in total. The monoisotopic (exact) mass is 778 g/mol. The van der Waals surface area contributed by atoms with Gasteiger partial charge in [0.25, 0.3) is 0 Å². The van der Waals surface area contributed by atoms with Crippen molar-refractivity contribution in [2.75, 3.05) is 0 Å². The number of ether oxygens (including phenoxy) is 1. The van der Waals surface area contributed by atoms with Gasteiger partial charge in [-0.2, -0.15) is 0 Å². The van der Waals surface area contributed by atoms with E-state index in [1.54, 1.807) is 0 Å². The van der Waals surface area contributed by atoms with Crippen LogP contribution in [0.15, 0.2) is 206 Å². The van der Waals surface area contributed by atoms with E-state index < -0.39 is 0 Å². The van der Waals surface area contributed by atoms with Gasteiger partial charge in [-0.1, -0.05) is 146 Å². The van der Waals surface area contributed by atoms with Crippen LogP contribution in [0.5, 0.6) is 11.5 Å². The Kier molecular flexibility index (Phi) is 8.10. The van der Waals surface area contributed by atoms with Crippen LogP contribution in [0.4, 0.5) is 0 Å². The first kappa shape index (κ1) is 34.7. The largest absolute Gasteiger partial charge is 0.457 e. The summed E-state index contributed by atoms with van der Waals surface area (Å²) in [5, 5.41) is 8.96. The SMILES string of the molecule is c1cc(Oc2ccc(-c3ccc4ccc5ccc(-c6cccc7ccccc67)nc5c4n3)cc2)cc(-c2ccc3ccc4ccc(-c5cccc6ccccc56)nc4c3n2)c1. The normalized spacial score (nSPS) is 11.6. The molecular formula is C56H34N4O. The number of hydrogen-bond donors (Lipinski definition) is 0. The molecule has 5 heteroatoms. The van der Waals surface area contributed by atoms with Gasteiger partial charge in [0.05, 0.1) is 44.8 Å². The predicted molar refractivity (Wildman–Crippen MR) is 251 cm³/mol. The Morgan fingerprint density at radius 3 is 1.20 bits per heavy atom. The van der Waals surface area contributed by atoms with Crippen LogP contribution in [-0.4, -0.2) is 19.9 Å². The lowest BCUT2D eigenvalue weighted by molar-refractivity contribution is 0.483. The number of nitrogens with zero attached hydrogens (tertiary/aromatic N) is 4. The lowest BCUT2D eigenvalue weighted by Crippen LogP contribution is -1.92. The summed E-state index contributed by atoms with van der Waals surface area (Å²) in [7, 11) is 0. The van der Waals surface area contributed by atoms with Gasteiger partial charge in [-0.05, 0) is 82.2 Å². The maximum absolute atomic E-state index is 6.43. The molecule has 284 valence electrons. The molecule has 0 saturated carbocycles. The Balaban J connectivity index is 0.839. The molecule has 0 fully saturated rings. The lowest BCUT2D eigenvalue weighted by Gasteiger charge is -2.11. The van der Waals surface area contributed by atoms with E-state index in [0.29, 0.717) is 0 Å². The highest BCUT2D eigenvalue weighted by atomic mass is 16.5. The van der Waals surface area contributed by atoms with Crippen molar-refractivity contribution in [1.82, 2.24) is 19.9 Å². The molecule has 12 rings (SSSR count). The van der Waals surface area contributed by atoms with Crippen molar-refractivity contribution in [3.63, 3.8) is 0 Å². The third-order valence-electron chi connectivity index (χ3n) is 11.7. The fourth-order valence-electron chi connectivity index (χ4n) is 8.60. The number of hydrogen-bond acceptors (Lipinski definition) is 5. The second-order valence-electron chi connectivity index (χ2n) is 15.4. The zero-order valence-electron chi connectivity index (χ0n) is 32.8. The van der Waals surface area contributed by atoms with Crippen molar-refractivity contribution in [2.45, 2.75) is 0 Å². The molecule has 0 amide bonds. The van der Waals surface area contributed by atoms with E-state index in [1.165, 1.54) is 21.5 Å². The van der Waals surface area contributed by atoms with E-state index in [4.69, 9.17) is 24.7 Å². The number of pyridine rings is 4. The molecule has 61 heavy (non-hydrogen) atoms. The maximum Gasteiger partial charge on any atom is 0.128 e. The number of benzene rings is 8. The first-order chi connectivity index (χ1) is 30.2. The third kappa shape index (κ3) is 6.19. The zero-order chi connectivity index (χ0) is 40.3. The van der Waals surface area contributed by atoms with Gasteiger partial charge >= 0.3 is 0 Å². The number of rotatable bonds is 6. The molecule has 0 aliphatic carbocycles. The first-order valence-electron chi connectivity index (χ1n) is 20.4. The van der Waals surface area contributed by atoms with E-state index in [9.17, 15) is 0 Å². The van der Waals surface area contributed by atoms with Gasteiger partial charge in [-0.3, -0.25) is 0 Å². The average molecular weight is 779 g/mol. The molecule has 0 unspecified atom stereocenters. The second-order valence-corrected chi connectivity index (χ2v) is 15.4. The summed E-state index contributed by atoms with van der Waals surface area (Å²) in [5.41, 5.74) is 11.3. The minimum Gasteiger partial charge on any atom is -0.457 e. The van der Waals surface area contributed by atoms with Crippen molar-refractivity contribution in [2.24, 2.45) is 0 Å². The van der Waals surface area contributed by atoms with Crippen LogP contribution in [0.2, 0.25) is 0 Å². The van der Waals surface area contributed by atoms with E-state index in [2.05, 4.69) is 176 Å². The van der Waals surface area contributed by atoms with Crippen molar-refractivity contribution < 1.29 is 4.74 Å². The van der Waals surface area contributed by atoms with Crippen molar-refractivity contribution >= 4 is 65.2 Å².